The van der Waals surface area contributed by atoms with Crippen LogP contribution in [0.4, 0.5) is 4.79 Å². The van der Waals surface area contributed by atoms with Crippen LogP contribution >= 0.6 is 0 Å². The standard InChI is InChI=1S/C19H29N3O3/c1-20-17(23)19(12-6-3-7-13-19)22-18(24)21-14-8-10-15-9-4-5-11-16(15)25-2/h4-5,9,11H,3,6-8,10,12-14H2,1-2H3,(H,20,23)(H2,21,22,24). The molecule has 6 nitrogen and oxygen atoms in total. The van der Waals surface area contributed by atoms with Crippen LogP contribution in [0.25, 0.3) is 0 Å². The molecular weight excluding hydrogens is 318 g/mol. The first-order valence-corrected chi connectivity index (χ1v) is 9.01. The van der Waals surface area contributed by atoms with E-state index in [2.05, 4.69) is 16.0 Å². The van der Waals surface area contributed by atoms with Crippen LogP contribution in [0.2, 0.25) is 0 Å². The lowest BCUT2D eigenvalue weighted by atomic mass is 9.81. The fraction of sp³-hybridized carbons (Fsp3) is 0.579. The molecule has 0 unspecified atom stereocenters. The van der Waals surface area contributed by atoms with Gasteiger partial charge in [-0.3, -0.25) is 4.79 Å². The van der Waals surface area contributed by atoms with Crippen molar-refractivity contribution in [3.8, 4) is 5.75 Å². The Kier molecular flexibility index (Phi) is 7.10. The summed E-state index contributed by atoms with van der Waals surface area (Å²) >= 11 is 0. The number of ether oxygens (including phenoxy) is 1. The number of urea groups is 1. The lowest BCUT2D eigenvalue weighted by Gasteiger charge is -2.36. The molecule has 0 spiro atoms. The smallest absolute Gasteiger partial charge is 0.315 e. The van der Waals surface area contributed by atoms with Crippen molar-refractivity contribution in [2.24, 2.45) is 0 Å². The second-order valence-corrected chi connectivity index (χ2v) is 6.52. The van der Waals surface area contributed by atoms with Crippen LogP contribution in [-0.2, 0) is 11.2 Å². The van der Waals surface area contributed by atoms with Crippen molar-refractivity contribution >= 4 is 11.9 Å². The Morgan fingerprint density at radius 1 is 1.16 bits per heavy atom. The van der Waals surface area contributed by atoms with Gasteiger partial charge in [0.05, 0.1) is 7.11 Å². The third-order valence-corrected chi connectivity index (χ3v) is 4.82. The highest BCUT2D eigenvalue weighted by Crippen LogP contribution is 2.28. The van der Waals surface area contributed by atoms with Crippen LogP contribution in [-0.4, -0.2) is 38.2 Å². The van der Waals surface area contributed by atoms with Crippen molar-refractivity contribution in [1.29, 1.82) is 0 Å². The van der Waals surface area contributed by atoms with Crippen LogP contribution < -0.4 is 20.7 Å². The van der Waals surface area contributed by atoms with E-state index in [1.165, 1.54) is 0 Å². The van der Waals surface area contributed by atoms with Crippen LogP contribution in [0.3, 0.4) is 0 Å². The molecule has 6 heteroatoms. The van der Waals surface area contributed by atoms with Crippen LogP contribution in [0.1, 0.15) is 44.1 Å². The molecule has 1 aromatic carbocycles. The number of methoxy groups -OCH3 is 1. The predicted octanol–water partition coefficient (Wildman–Crippen LogP) is 2.38. The van der Waals surface area contributed by atoms with Gasteiger partial charge in [-0.2, -0.15) is 0 Å². The number of hydrogen-bond acceptors (Lipinski definition) is 3. The monoisotopic (exact) mass is 347 g/mol. The van der Waals surface area contributed by atoms with Gasteiger partial charge in [0.25, 0.3) is 0 Å². The largest absolute Gasteiger partial charge is 0.496 e. The zero-order valence-corrected chi connectivity index (χ0v) is 15.2. The van der Waals surface area contributed by atoms with E-state index in [-0.39, 0.29) is 11.9 Å². The first-order valence-electron chi connectivity index (χ1n) is 9.01. The first kappa shape index (κ1) is 19.1. The number of benzene rings is 1. The molecule has 25 heavy (non-hydrogen) atoms. The van der Waals surface area contributed by atoms with E-state index < -0.39 is 5.54 Å². The van der Waals surface area contributed by atoms with Gasteiger partial charge in [0.1, 0.15) is 11.3 Å². The Morgan fingerprint density at radius 2 is 1.88 bits per heavy atom. The highest BCUT2D eigenvalue weighted by molar-refractivity contribution is 5.91. The van der Waals surface area contributed by atoms with E-state index in [1.54, 1.807) is 14.2 Å². The Morgan fingerprint density at radius 3 is 2.56 bits per heavy atom. The summed E-state index contributed by atoms with van der Waals surface area (Å²) in [5.41, 5.74) is 0.362. The summed E-state index contributed by atoms with van der Waals surface area (Å²) in [4.78, 5) is 24.5. The average Bonchev–Trinajstić information content (AvgIpc) is 2.65. The topological polar surface area (TPSA) is 79.5 Å². The maximum absolute atomic E-state index is 12.2. The van der Waals surface area contributed by atoms with E-state index in [0.717, 1.165) is 43.4 Å². The van der Waals surface area contributed by atoms with Gasteiger partial charge in [-0.1, -0.05) is 37.5 Å². The minimum atomic E-state index is -0.764. The SMILES string of the molecule is CNC(=O)C1(NC(=O)NCCCc2ccccc2OC)CCCCC1. The lowest BCUT2D eigenvalue weighted by Crippen LogP contribution is -2.61. The Balaban J connectivity index is 1.80. The minimum absolute atomic E-state index is 0.101. The molecule has 0 saturated heterocycles. The molecule has 1 aliphatic carbocycles. The van der Waals surface area contributed by atoms with Crippen molar-refractivity contribution in [2.75, 3.05) is 20.7 Å². The Bertz CT molecular complexity index is 583. The number of carbonyl (C=O) groups excluding carboxylic acids is 2. The third kappa shape index (κ3) is 5.11. The number of rotatable bonds is 7. The number of hydrogen-bond donors (Lipinski definition) is 3. The molecule has 3 N–H and O–H groups in total. The van der Waals surface area contributed by atoms with Gasteiger partial charge in [-0.05, 0) is 37.3 Å². The van der Waals surface area contributed by atoms with E-state index in [9.17, 15) is 9.59 Å². The van der Waals surface area contributed by atoms with Crippen LogP contribution in [0.15, 0.2) is 24.3 Å². The molecule has 1 saturated carbocycles. The normalized spacial score (nSPS) is 15.9. The summed E-state index contributed by atoms with van der Waals surface area (Å²) in [5, 5.41) is 8.48. The Labute approximate surface area is 149 Å². The molecule has 0 aliphatic heterocycles. The van der Waals surface area contributed by atoms with E-state index in [4.69, 9.17) is 4.74 Å². The summed E-state index contributed by atoms with van der Waals surface area (Å²) in [6.07, 6.45) is 6.05. The molecule has 138 valence electrons. The molecule has 0 bridgehead atoms. The average molecular weight is 347 g/mol. The molecule has 0 heterocycles. The van der Waals surface area contributed by atoms with Gasteiger partial charge in [-0.15, -0.1) is 0 Å². The number of amides is 3. The molecule has 1 aromatic rings. The third-order valence-electron chi connectivity index (χ3n) is 4.82. The summed E-state index contributed by atoms with van der Waals surface area (Å²) in [6.45, 7) is 0.549. The number of carbonyl (C=O) groups is 2. The highest BCUT2D eigenvalue weighted by atomic mass is 16.5. The number of para-hydroxylation sites is 1. The van der Waals surface area contributed by atoms with Gasteiger partial charge >= 0.3 is 6.03 Å². The fourth-order valence-corrected chi connectivity index (χ4v) is 3.46. The van der Waals surface area contributed by atoms with Gasteiger partial charge in [0.15, 0.2) is 0 Å². The van der Waals surface area contributed by atoms with Gasteiger partial charge in [0, 0.05) is 13.6 Å². The van der Waals surface area contributed by atoms with Crippen molar-refractivity contribution < 1.29 is 14.3 Å². The van der Waals surface area contributed by atoms with Gasteiger partial charge in [-0.25, -0.2) is 4.79 Å². The van der Waals surface area contributed by atoms with Crippen molar-refractivity contribution in [1.82, 2.24) is 16.0 Å². The molecule has 0 atom stereocenters. The minimum Gasteiger partial charge on any atom is -0.496 e. The van der Waals surface area contributed by atoms with Crippen LogP contribution in [0.5, 0.6) is 5.75 Å². The number of nitrogens with one attached hydrogen (secondary N) is 3. The molecule has 1 aliphatic rings. The zero-order chi connectivity index (χ0) is 18.1. The van der Waals surface area contributed by atoms with Gasteiger partial charge < -0.3 is 20.7 Å². The molecule has 3 amide bonds. The molecule has 2 rings (SSSR count). The zero-order valence-electron chi connectivity index (χ0n) is 15.2. The molecule has 0 aromatic heterocycles. The van der Waals surface area contributed by atoms with Crippen molar-refractivity contribution in [2.45, 2.75) is 50.5 Å². The maximum atomic E-state index is 12.2. The van der Waals surface area contributed by atoms with E-state index >= 15 is 0 Å². The highest BCUT2D eigenvalue weighted by Gasteiger charge is 2.40. The fourth-order valence-electron chi connectivity index (χ4n) is 3.46. The number of likely N-dealkylation sites (N-methyl/N-ethyl adjacent to an activating group) is 1. The van der Waals surface area contributed by atoms with Crippen molar-refractivity contribution in [3.63, 3.8) is 0 Å². The second kappa shape index (κ2) is 9.30. The lowest BCUT2D eigenvalue weighted by molar-refractivity contribution is -0.128. The summed E-state index contributed by atoms with van der Waals surface area (Å²) < 4.78 is 5.33. The Hall–Kier alpha value is -2.24. The van der Waals surface area contributed by atoms with Crippen LogP contribution in [0, 0.1) is 0 Å². The second-order valence-electron chi connectivity index (χ2n) is 6.52. The van der Waals surface area contributed by atoms with E-state index in [0.29, 0.717) is 19.4 Å². The van der Waals surface area contributed by atoms with Gasteiger partial charge in [0.2, 0.25) is 5.91 Å². The maximum Gasteiger partial charge on any atom is 0.315 e. The molecular formula is C19H29N3O3. The number of aryl methyl sites for hydroxylation is 1. The predicted molar refractivity (Wildman–Crippen MR) is 97.7 cm³/mol. The summed E-state index contributed by atoms with van der Waals surface area (Å²) in [6, 6.07) is 7.61. The summed E-state index contributed by atoms with van der Waals surface area (Å²) in [5.74, 6) is 0.768. The van der Waals surface area contributed by atoms with Crippen molar-refractivity contribution in [3.05, 3.63) is 29.8 Å². The first-order chi connectivity index (χ1) is 12.1. The molecule has 1 fully saturated rings. The quantitative estimate of drug-likeness (QED) is 0.663. The van der Waals surface area contributed by atoms with E-state index in [1.807, 2.05) is 24.3 Å². The molecule has 0 radical (unpaired) electrons. The summed E-state index contributed by atoms with van der Waals surface area (Å²) in [7, 11) is 3.28.